The van der Waals surface area contributed by atoms with Gasteiger partial charge >= 0.3 is 6.09 Å². The van der Waals surface area contributed by atoms with E-state index in [1.54, 1.807) is 12.0 Å². The molecule has 1 aromatic carbocycles. The van der Waals surface area contributed by atoms with Crippen LogP contribution < -0.4 is 25.0 Å². The lowest BCUT2D eigenvalue weighted by atomic mass is 9.91. The highest BCUT2D eigenvalue weighted by Gasteiger charge is 2.41. The fraction of sp³-hybridized carbons (Fsp3) is 0.568. The molecule has 4 aliphatic rings. The van der Waals surface area contributed by atoms with E-state index in [4.69, 9.17) is 29.4 Å². The lowest BCUT2D eigenvalue weighted by Crippen LogP contribution is -2.54. The molecular formula is C37H49N7O6. The first-order valence-corrected chi connectivity index (χ1v) is 17.8. The summed E-state index contributed by atoms with van der Waals surface area (Å²) in [5.41, 5.74) is 9.51. The van der Waals surface area contributed by atoms with Crippen LogP contribution in [-0.4, -0.2) is 102 Å². The largest absolute Gasteiger partial charge is 0.474 e. The van der Waals surface area contributed by atoms with Gasteiger partial charge in [0, 0.05) is 81.7 Å². The second-order valence-corrected chi connectivity index (χ2v) is 14.7. The molecule has 1 amide bonds. The predicted octanol–water partition coefficient (Wildman–Crippen LogP) is 5.29. The van der Waals surface area contributed by atoms with Gasteiger partial charge < -0.3 is 44.1 Å². The number of methoxy groups -OCH3 is 1. The van der Waals surface area contributed by atoms with Gasteiger partial charge in [-0.2, -0.15) is 0 Å². The lowest BCUT2D eigenvalue weighted by molar-refractivity contribution is -0.110. The number of piperidine rings is 1. The SMILES string of the molecule is COCOc1ccccc1-c1cc(N2C[C@H]3CC[C@H](C2)N3c2ccnc(OC3CC(OC4CCN(C(=O)OC(C)(C)C)CC4)C3)c2)c(N)nn1. The maximum atomic E-state index is 12.4. The Hall–Kier alpha value is -4.36. The second-order valence-electron chi connectivity index (χ2n) is 14.7. The molecule has 2 atom stereocenters. The summed E-state index contributed by atoms with van der Waals surface area (Å²) >= 11 is 0. The minimum absolute atomic E-state index is 0.0829. The van der Waals surface area contributed by atoms with Crippen LogP contribution in [-0.2, 0) is 14.2 Å². The van der Waals surface area contributed by atoms with Gasteiger partial charge in [-0.25, -0.2) is 9.78 Å². The summed E-state index contributed by atoms with van der Waals surface area (Å²) in [6.07, 6.45) is 7.54. The molecule has 268 valence electrons. The Balaban J connectivity index is 0.925. The number of piperazine rings is 1. The first kappa shape index (κ1) is 34.1. The van der Waals surface area contributed by atoms with E-state index in [0.717, 1.165) is 68.6 Å². The Morgan fingerprint density at radius 1 is 0.940 bits per heavy atom. The Bertz CT molecular complexity index is 1620. The number of nitrogen functional groups attached to an aromatic ring is 1. The number of hydrogen-bond acceptors (Lipinski definition) is 12. The molecule has 13 heteroatoms. The minimum Gasteiger partial charge on any atom is -0.474 e. The average molecular weight is 688 g/mol. The molecule has 3 saturated heterocycles. The second kappa shape index (κ2) is 14.5. The molecule has 2 N–H and O–H groups in total. The first-order valence-electron chi connectivity index (χ1n) is 17.8. The van der Waals surface area contributed by atoms with E-state index in [1.807, 2.05) is 57.3 Å². The number of carbonyl (C=O) groups excluding carboxylic acids is 1. The summed E-state index contributed by atoms with van der Waals surface area (Å²) < 4.78 is 29.1. The van der Waals surface area contributed by atoms with Crippen LogP contribution in [0.2, 0.25) is 0 Å². The number of benzene rings is 1. The van der Waals surface area contributed by atoms with E-state index < -0.39 is 5.60 Å². The van der Waals surface area contributed by atoms with E-state index in [1.165, 1.54) is 0 Å². The highest BCUT2D eigenvalue weighted by atomic mass is 16.7. The van der Waals surface area contributed by atoms with Crippen molar-refractivity contribution in [3.63, 3.8) is 0 Å². The number of ether oxygens (including phenoxy) is 5. The van der Waals surface area contributed by atoms with Gasteiger partial charge in [0.2, 0.25) is 5.88 Å². The van der Waals surface area contributed by atoms with Crippen molar-refractivity contribution in [3.05, 3.63) is 48.7 Å². The zero-order valence-electron chi connectivity index (χ0n) is 29.5. The number of fused-ring (bicyclic) bond motifs is 2. The number of carbonyl (C=O) groups is 1. The van der Waals surface area contributed by atoms with Crippen LogP contribution in [0.25, 0.3) is 11.3 Å². The van der Waals surface area contributed by atoms with Crippen LogP contribution in [0.5, 0.6) is 11.6 Å². The highest BCUT2D eigenvalue weighted by Crippen LogP contribution is 2.40. The molecule has 7 rings (SSSR count). The van der Waals surface area contributed by atoms with Crippen LogP contribution in [0.3, 0.4) is 0 Å². The van der Waals surface area contributed by atoms with Crippen molar-refractivity contribution in [3.8, 4) is 22.9 Å². The standard InChI is InChI=1S/C37H49N7O6/c1-37(2,3)50-36(45)42-15-12-27(13-16-42)48-28-18-29(19-28)49-34-17-24(11-14-39-34)44-25-9-10-26(44)22-43(21-25)32-20-31(40-41-35(32)38)30-7-5-6-8-33(30)47-23-46-4/h5-8,11,14,17,20,25-29H,9-10,12-13,15-16,18-19,21-23H2,1-4H3,(H2,38,41)/t25-,26-,28?,29?/m1/s1. The fourth-order valence-corrected chi connectivity index (χ4v) is 7.52. The fourth-order valence-electron chi connectivity index (χ4n) is 7.52. The normalized spacial score (nSPS) is 23.8. The quantitative estimate of drug-likeness (QED) is 0.277. The molecule has 3 aliphatic heterocycles. The van der Waals surface area contributed by atoms with Gasteiger partial charge in [-0.3, -0.25) is 0 Å². The van der Waals surface area contributed by atoms with Crippen LogP contribution in [0, 0.1) is 0 Å². The molecule has 3 aromatic rings. The third-order valence-corrected chi connectivity index (χ3v) is 9.95. The summed E-state index contributed by atoms with van der Waals surface area (Å²) in [4.78, 5) is 23.6. The van der Waals surface area contributed by atoms with Crippen LogP contribution >= 0.6 is 0 Å². The van der Waals surface area contributed by atoms with Crippen molar-refractivity contribution >= 4 is 23.3 Å². The Morgan fingerprint density at radius 2 is 1.68 bits per heavy atom. The number of aromatic nitrogens is 3. The number of anilines is 3. The van der Waals surface area contributed by atoms with Crippen molar-refractivity contribution in [1.29, 1.82) is 0 Å². The van der Waals surface area contributed by atoms with Gasteiger partial charge in [0.1, 0.15) is 17.5 Å². The van der Waals surface area contributed by atoms with Gasteiger partial charge in [0.15, 0.2) is 12.6 Å². The number of para-hydroxylation sites is 1. The minimum atomic E-state index is -0.484. The molecule has 2 aromatic heterocycles. The Labute approximate surface area is 294 Å². The summed E-state index contributed by atoms with van der Waals surface area (Å²) in [5.74, 6) is 1.76. The van der Waals surface area contributed by atoms with Crippen molar-refractivity contribution in [1.82, 2.24) is 20.1 Å². The smallest absolute Gasteiger partial charge is 0.410 e. The van der Waals surface area contributed by atoms with E-state index in [-0.39, 0.29) is 31.2 Å². The Morgan fingerprint density at radius 3 is 2.40 bits per heavy atom. The van der Waals surface area contributed by atoms with Gasteiger partial charge in [0.25, 0.3) is 0 Å². The van der Waals surface area contributed by atoms with E-state index in [0.29, 0.717) is 48.3 Å². The van der Waals surface area contributed by atoms with Crippen LogP contribution in [0.15, 0.2) is 48.7 Å². The van der Waals surface area contributed by atoms with Gasteiger partial charge in [0.05, 0.1) is 23.6 Å². The third kappa shape index (κ3) is 7.68. The number of hydrogen-bond donors (Lipinski definition) is 1. The maximum Gasteiger partial charge on any atom is 0.410 e. The van der Waals surface area contributed by atoms with E-state index >= 15 is 0 Å². The molecular weight excluding hydrogens is 638 g/mol. The number of amides is 1. The van der Waals surface area contributed by atoms with Crippen LogP contribution in [0.4, 0.5) is 22.0 Å². The molecule has 1 saturated carbocycles. The molecule has 0 radical (unpaired) electrons. The van der Waals surface area contributed by atoms with Crippen molar-refractivity contribution < 1.29 is 28.5 Å². The molecule has 0 spiro atoms. The predicted molar refractivity (Wildman–Crippen MR) is 189 cm³/mol. The topological polar surface area (TPSA) is 138 Å². The van der Waals surface area contributed by atoms with Gasteiger partial charge in [-0.05, 0) is 70.7 Å². The van der Waals surface area contributed by atoms with Crippen molar-refractivity contribution in [2.45, 2.75) is 95.3 Å². The van der Waals surface area contributed by atoms with Crippen LogP contribution in [0.1, 0.15) is 59.3 Å². The molecule has 0 unspecified atom stereocenters. The molecule has 13 nitrogen and oxygen atoms in total. The third-order valence-electron chi connectivity index (χ3n) is 9.95. The molecule has 4 fully saturated rings. The number of rotatable bonds is 10. The van der Waals surface area contributed by atoms with Crippen molar-refractivity contribution in [2.75, 3.05) is 55.6 Å². The monoisotopic (exact) mass is 687 g/mol. The number of nitrogens with two attached hydrogens (primary N) is 1. The van der Waals surface area contributed by atoms with Gasteiger partial charge in [-0.1, -0.05) is 12.1 Å². The van der Waals surface area contributed by atoms with E-state index in [2.05, 4.69) is 37.1 Å². The number of nitrogens with zero attached hydrogens (tertiary/aromatic N) is 6. The number of pyridine rings is 1. The molecule has 1 aliphatic carbocycles. The molecule has 5 heterocycles. The Kier molecular flexibility index (Phi) is 9.87. The zero-order valence-corrected chi connectivity index (χ0v) is 29.5. The maximum absolute atomic E-state index is 12.4. The van der Waals surface area contributed by atoms with E-state index in [9.17, 15) is 4.79 Å². The average Bonchev–Trinajstić information content (AvgIpc) is 3.35. The lowest BCUT2D eigenvalue weighted by Gasteiger charge is -2.43. The highest BCUT2D eigenvalue weighted by molar-refractivity contribution is 5.75. The van der Waals surface area contributed by atoms with Crippen molar-refractivity contribution in [2.24, 2.45) is 0 Å². The zero-order chi connectivity index (χ0) is 34.8. The van der Waals surface area contributed by atoms with Gasteiger partial charge in [-0.15, -0.1) is 10.2 Å². The number of likely N-dealkylation sites (tertiary alicyclic amines) is 1. The molecule has 2 bridgehead atoms. The summed E-state index contributed by atoms with van der Waals surface area (Å²) in [5, 5.41) is 8.75. The molecule has 50 heavy (non-hydrogen) atoms. The summed E-state index contributed by atoms with van der Waals surface area (Å²) in [6.45, 7) is 8.79. The summed E-state index contributed by atoms with van der Waals surface area (Å²) in [7, 11) is 1.60. The summed E-state index contributed by atoms with van der Waals surface area (Å²) in [6, 6.07) is 14.6. The first-order chi connectivity index (χ1) is 24.1.